The Bertz CT molecular complexity index is 527. The van der Waals surface area contributed by atoms with Gasteiger partial charge in [-0.15, -0.1) is 11.3 Å². The van der Waals surface area contributed by atoms with E-state index < -0.39 is 0 Å². The predicted octanol–water partition coefficient (Wildman–Crippen LogP) is 4.28. The van der Waals surface area contributed by atoms with Crippen molar-refractivity contribution >= 4 is 22.9 Å². The van der Waals surface area contributed by atoms with Crippen LogP contribution in [0, 0.1) is 5.92 Å². The highest BCUT2D eigenvalue weighted by Gasteiger charge is 2.49. The Morgan fingerprint density at radius 3 is 2.90 bits per heavy atom. The summed E-state index contributed by atoms with van der Waals surface area (Å²) in [5.41, 5.74) is 1.37. The molecule has 1 N–H and O–H groups in total. The van der Waals surface area contributed by atoms with Gasteiger partial charge in [0.1, 0.15) is 5.60 Å². The highest BCUT2D eigenvalue weighted by Crippen LogP contribution is 2.52. The second-order valence-corrected chi connectivity index (χ2v) is 8.64. The van der Waals surface area contributed by atoms with E-state index in [0.29, 0.717) is 18.0 Å². The van der Waals surface area contributed by atoms with Crippen LogP contribution in [-0.2, 0) is 10.3 Å². The van der Waals surface area contributed by atoms with E-state index in [4.69, 9.17) is 16.3 Å². The molecule has 0 aromatic carbocycles. The van der Waals surface area contributed by atoms with Crippen LogP contribution in [0.1, 0.15) is 55.9 Å². The molecule has 2 unspecified atom stereocenters. The van der Waals surface area contributed by atoms with Crippen LogP contribution in [0.25, 0.3) is 0 Å². The van der Waals surface area contributed by atoms with Gasteiger partial charge in [-0.3, -0.25) is 0 Å². The standard InChI is InChI=1S/C16H22ClNOS/c1-9-8-19-16(15-12(9)5-14(17)20-15)6-10(2)18-13(7-16)11-3-4-11/h5,9-11,13,18H,3-4,6-8H2,1-2H3/t9?,10-,13?,16-/m0/s1. The number of fused-ring (bicyclic) bond motifs is 2. The maximum Gasteiger partial charge on any atom is 0.106 e. The Balaban J connectivity index is 1.73. The number of nitrogens with one attached hydrogen (secondary N) is 1. The average molecular weight is 312 g/mol. The minimum absolute atomic E-state index is 0.0719. The Morgan fingerprint density at radius 1 is 1.35 bits per heavy atom. The van der Waals surface area contributed by atoms with E-state index in [1.165, 1.54) is 23.3 Å². The molecule has 1 saturated heterocycles. The van der Waals surface area contributed by atoms with Gasteiger partial charge in [0.05, 0.1) is 10.9 Å². The van der Waals surface area contributed by atoms with Gasteiger partial charge in [-0.25, -0.2) is 0 Å². The molecule has 2 nitrogen and oxygen atoms in total. The lowest BCUT2D eigenvalue weighted by molar-refractivity contribution is -0.103. The summed E-state index contributed by atoms with van der Waals surface area (Å²) in [6, 6.07) is 3.33. The van der Waals surface area contributed by atoms with Gasteiger partial charge < -0.3 is 10.1 Å². The molecule has 2 fully saturated rings. The Kier molecular flexibility index (Phi) is 3.19. The maximum absolute atomic E-state index is 6.45. The van der Waals surface area contributed by atoms with Crippen LogP contribution in [0.4, 0.5) is 0 Å². The van der Waals surface area contributed by atoms with Gasteiger partial charge in [0.2, 0.25) is 0 Å². The molecule has 2 aliphatic heterocycles. The zero-order valence-electron chi connectivity index (χ0n) is 12.1. The summed E-state index contributed by atoms with van der Waals surface area (Å²) in [7, 11) is 0. The molecule has 20 heavy (non-hydrogen) atoms. The average Bonchev–Trinajstić information content (AvgIpc) is 3.16. The Hall–Kier alpha value is -0.0900. The number of ether oxygens (including phenoxy) is 1. The van der Waals surface area contributed by atoms with E-state index in [-0.39, 0.29) is 5.60 Å². The molecule has 0 amide bonds. The van der Waals surface area contributed by atoms with Gasteiger partial charge in [0.15, 0.2) is 0 Å². The number of thiophene rings is 1. The molecular weight excluding hydrogens is 290 g/mol. The third-order valence-electron chi connectivity index (χ3n) is 5.16. The zero-order chi connectivity index (χ0) is 13.9. The first kappa shape index (κ1) is 13.6. The first-order valence-corrected chi connectivity index (χ1v) is 8.96. The molecule has 3 aliphatic rings. The quantitative estimate of drug-likeness (QED) is 0.836. The van der Waals surface area contributed by atoms with Crippen molar-refractivity contribution in [2.45, 2.75) is 63.1 Å². The summed E-state index contributed by atoms with van der Waals surface area (Å²) < 4.78 is 7.37. The fraction of sp³-hybridized carbons (Fsp3) is 0.750. The van der Waals surface area contributed by atoms with Crippen molar-refractivity contribution in [2.75, 3.05) is 6.61 Å². The topological polar surface area (TPSA) is 21.3 Å². The van der Waals surface area contributed by atoms with Gasteiger partial charge >= 0.3 is 0 Å². The van der Waals surface area contributed by atoms with Crippen LogP contribution >= 0.6 is 22.9 Å². The zero-order valence-corrected chi connectivity index (χ0v) is 13.7. The highest BCUT2D eigenvalue weighted by molar-refractivity contribution is 7.16. The van der Waals surface area contributed by atoms with E-state index in [1.54, 1.807) is 11.3 Å². The maximum atomic E-state index is 6.45. The van der Waals surface area contributed by atoms with E-state index in [9.17, 15) is 0 Å². The lowest BCUT2D eigenvalue weighted by Gasteiger charge is -2.47. The minimum atomic E-state index is -0.0719. The lowest BCUT2D eigenvalue weighted by atomic mass is 9.77. The lowest BCUT2D eigenvalue weighted by Crippen LogP contribution is -2.54. The third-order valence-corrected chi connectivity index (χ3v) is 6.63. The molecule has 1 aromatic heterocycles. The monoisotopic (exact) mass is 311 g/mol. The van der Waals surface area contributed by atoms with E-state index in [0.717, 1.165) is 29.7 Å². The van der Waals surface area contributed by atoms with Crippen molar-refractivity contribution in [1.82, 2.24) is 5.32 Å². The van der Waals surface area contributed by atoms with Crippen molar-refractivity contribution in [3.63, 3.8) is 0 Å². The SMILES string of the molecule is CC1CO[C@@]2(CC(C3CC3)N[C@@H](C)C2)c2sc(Cl)cc21. The predicted molar refractivity (Wildman–Crippen MR) is 83.7 cm³/mol. The van der Waals surface area contributed by atoms with Crippen LogP contribution in [0.2, 0.25) is 4.34 Å². The van der Waals surface area contributed by atoms with Crippen LogP contribution in [-0.4, -0.2) is 18.7 Å². The summed E-state index contributed by atoms with van der Waals surface area (Å²) in [4.78, 5) is 1.42. The fourth-order valence-corrected chi connectivity index (χ4v) is 5.58. The summed E-state index contributed by atoms with van der Waals surface area (Å²) in [5, 5.41) is 3.79. The normalized spacial score (nSPS) is 40.9. The number of halogens is 1. The third kappa shape index (κ3) is 2.14. The van der Waals surface area contributed by atoms with Crippen molar-refractivity contribution in [3.8, 4) is 0 Å². The molecular formula is C16H22ClNOS. The molecule has 4 atom stereocenters. The summed E-state index contributed by atoms with van der Waals surface area (Å²) in [6.07, 6.45) is 4.97. The second kappa shape index (κ2) is 4.70. The van der Waals surface area contributed by atoms with Crippen molar-refractivity contribution in [1.29, 1.82) is 0 Å². The van der Waals surface area contributed by atoms with E-state index >= 15 is 0 Å². The van der Waals surface area contributed by atoms with Crippen molar-refractivity contribution in [3.05, 3.63) is 20.8 Å². The van der Waals surface area contributed by atoms with Crippen LogP contribution in [0.5, 0.6) is 0 Å². The molecule has 3 heterocycles. The fourth-order valence-electron chi connectivity index (χ4n) is 4.06. The van der Waals surface area contributed by atoms with Gasteiger partial charge in [-0.05, 0) is 50.2 Å². The van der Waals surface area contributed by atoms with E-state index in [1.807, 2.05) is 0 Å². The number of rotatable bonds is 1. The first-order chi connectivity index (χ1) is 9.57. The van der Waals surface area contributed by atoms with E-state index in [2.05, 4.69) is 25.2 Å². The first-order valence-electron chi connectivity index (χ1n) is 7.77. The molecule has 1 aliphatic carbocycles. The van der Waals surface area contributed by atoms with Crippen molar-refractivity contribution < 1.29 is 4.74 Å². The van der Waals surface area contributed by atoms with Gasteiger partial charge in [0, 0.05) is 22.9 Å². The molecule has 4 rings (SSSR count). The molecule has 0 radical (unpaired) electrons. The van der Waals surface area contributed by atoms with Crippen LogP contribution < -0.4 is 5.32 Å². The Labute approximate surface area is 129 Å². The second-order valence-electron chi connectivity index (χ2n) is 6.96. The Morgan fingerprint density at radius 2 is 2.15 bits per heavy atom. The number of hydrogen-bond acceptors (Lipinski definition) is 3. The molecule has 1 aromatic rings. The minimum Gasteiger partial charge on any atom is -0.369 e. The number of piperidine rings is 1. The summed E-state index contributed by atoms with van der Waals surface area (Å²) >= 11 is 8.06. The van der Waals surface area contributed by atoms with Crippen LogP contribution in [0.15, 0.2) is 6.07 Å². The molecule has 1 saturated carbocycles. The van der Waals surface area contributed by atoms with Crippen LogP contribution in [0.3, 0.4) is 0 Å². The van der Waals surface area contributed by atoms with Crippen molar-refractivity contribution in [2.24, 2.45) is 5.92 Å². The summed E-state index contributed by atoms with van der Waals surface area (Å²) in [5.74, 6) is 1.35. The summed E-state index contributed by atoms with van der Waals surface area (Å²) in [6.45, 7) is 5.38. The largest absolute Gasteiger partial charge is 0.369 e. The molecule has 4 heteroatoms. The van der Waals surface area contributed by atoms with Gasteiger partial charge in [-0.1, -0.05) is 18.5 Å². The molecule has 0 bridgehead atoms. The molecule has 1 spiro atoms. The smallest absolute Gasteiger partial charge is 0.106 e. The van der Waals surface area contributed by atoms with Gasteiger partial charge in [0.25, 0.3) is 0 Å². The van der Waals surface area contributed by atoms with Gasteiger partial charge in [-0.2, -0.15) is 0 Å². The molecule has 110 valence electrons. The highest BCUT2D eigenvalue weighted by atomic mass is 35.5. The number of hydrogen-bond donors (Lipinski definition) is 1.